The highest BCUT2D eigenvalue weighted by atomic mass is 16.5. The molecule has 9 nitrogen and oxygen atoms in total. The van der Waals surface area contributed by atoms with Crippen molar-refractivity contribution in [2.75, 3.05) is 26.9 Å². The van der Waals surface area contributed by atoms with Gasteiger partial charge in [-0.3, -0.25) is 4.79 Å². The number of nitrogens with two attached hydrogens (primary N) is 1. The number of amides is 2. The third-order valence-electron chi connectivity index (χ3n) is 7.16. The van der Waals surface area contributed by atoms with E-state index < -0.39 is 6.09 Å². The average Bonchev–Trinajstić information content (AvgIpc) is 3.00. The fourth-order valence-corrected chi connectivity index (χ4v) is 4.85. The molecule has 0 saturated carbocycles. The number of ether oxygens (including phenoxy) is 4. The van der Waals surface area contributed by atoms with Crippen LogP contribution in [0.5, 0.6) is 17.2 Å². The van der Waals surface area contributed by atoms with Crippen LogP contribution in [0.25, 0.3) is 0 Å². The summed E-state index contributed by atoms with van der Waals surface area (Å²) in [5.41, 5.74) is 7.20. The molecule has 0 aliphatic rings. The topological polar surface area (TPSA) is 113 Å². The van der Waals surface area contributed by atoms with Crippen LogP contribution in [-0.2, 0) is 4.74 Å². The highest BCUT2D eigenvalue weighted by molar-refractivity contribution is 6.02. The zero-order valence-corrected chi connectivity index (χ0v) is 27.6. The van der Waals surface area contributed by atoms with E-state index >= 15 is 0 Å². The van der Waals surface area contributed by atoms with Gasteiger partial charge >= 0.3 is 6.09 Å². The maximum atomic E-state index is 13.0. The standard InChI is InChI=1S/C35H53N3O6/c1-7-8-9-10-11-13-24-44-35(40)37-33(36)28-16-19-30(20-17-28)42-22-14-12-15-23-43-31-21-18-29(25-32(31)41-6)34(39)38(26(2)3)27(4)5/h16-21,25-27H,7-15,22-24H2,1-6H3,(H2,36,37,40). The molecule has 0 bridgehead atoms. The molecule has 0 aliphatic heterocycles. The average molecular weight is 612 g/mol. The summed E-state index contributed by atoms with van der Waals surface area (Å²) < 4.78 is 22.5. The number of hydrogen-bond donors (Lipinski definition) is 1. The van der Waals surface area contributed by atoms with E-state index in [1.807, 2.05) is 44.7 Å². The van der Waals surface area contributed by atoms with Gasteiger partial charge < -0.3 is 29.6 Å². The van der Waals surface area contributed by atoms with E-state index in [4.69, 9.17) is 24.7 Å². The maximum absolute atomic E-state index is 13.0. The Kier molecular flexibility index (Phi) is 16.8. The molecule has 0 aliphatic carbocycles. The van der Waals surface area contributed by atoms with Crippen LogP contribution in [0.3, 0.4) is 0 Å². The van der Waals surface area contributed by atoms with Gasteiger partial charge in [0.25, 0.3) is 5.91 Å². The lowest BCUT2D eigenvalue weighted by atomic mass is 10.1. The summed E-state index contributed by atoms with van der Waals surface area (Å²) in [6.07, 6.45) is 8.70. The molecular weight excluding hydrogens is 558 g/mol. The number of hydrogen-bond acceptors (Lipinski definition) is 6. The largest absolute Gasteiger partial charge is 0.494 e. The molecule has 2 rings (SSSR count). The van der Waals surface area contributed by atoms with Gasteiger partial charge in [-0.05, 0) is 95.8 Å². The number of rotatable bonds is 20. The van der Waals surface area contributed by atoms with Crippen LogP contribution in [0.4, 0.5) is 4.79 Å². The predicted octanol–water partition coefficient (Wildman–Crippen LogP) is 7.78. The van der Waals surface area contributed by atoms with E-state index in [0.717, 1.165) is 44.3 Å². The van der Waals surface area contributed by atoms with Gasteiger partial charge in [-0.25, -0.2) is 4.79 Å². The fraction of sp³-hybridized carbons (Fsp3) is 0.571. The molecule has 0 saturated heterocycles. The Morgan fingerprint density at radius 2 is 1.32 bits per heavy atom. The van der Waals surface area contributed by atoms with Gasteiger partial charge in [0.15, 0.2) is 11.5 Å². The van der Waals surface area contributed by atoms with E-state index in [1.54, 1.807) is 37.4 Å². The molecule has 244 valence electrons. The molecule has 0 aromatic heterocycles. The van der Waals surface area contributed by atoms with Gasteiger partial charge in [-0.15, -0.1) is 0 Å². The van der Waals surface area contributed by atoms with Crippen LogP contribution < -0.4 is 19.9 Å². The minimum Gasteiger partial charge on any atom is -0.494 e. The summed E-state index contributed by atoms with van der Waals surface area (Å²) >= 11 is 0. The van der Waals surface area contributed by atoms with Gasteiger partial charge in [0.05, 0.1) is 26.9 Å². The lowest BCUT2D eigenvalue weighted by Crippen LogP contribution is -2.42. The van der Waals surface area contributed by atoms with Gasteiger partial charge in [0.1, 0.15) is 11.6 Å². The minimum atomic E-state index is -0.662. The summed E-state index contributed by atoms with van der Waals surface area (Å²) in [7, 11) is 1.58. The SMILES string of the molecule is CCCCCCCCOC(=O)/N=C(\N)c1ccc(OCCCCCOc2ccc(C(=O)N(C(C)C)C(C)C)cc2OC)cc1. The third kappa shape index (κ3) is 12.9. The summed E-state index contributed by atoms with van der Waals surface area (Å²) in [6.45, 7) is 11.7. The van der Waals surface area contributed by atoms with Crippen molar-refractivity contribution < 1.29 is 28.5 Å². The monoisotopic (exact) mass is 611 g/mol. The van der Waals surface area contributed by atoms with Crippen molar-refractivity contribution in [3.05, 3.63) is 53.6 Å². The normalized spacial score (nSPS) is 11.5. The van der Waals surface area contributed by atoms with Crippen LogP contribution in [0.1, 0.15) is 108 Å². The summed E-state index contributed by atoms with van der Waals surface area (Å²) in [5.74, 6) is 1.98. The van der Waals surface area contributed by atoms with E-state index in [-0.39, 0.29) is 23.8 Å². The molecule has 0 unspecified atom stereocenters. The molecule has 0 spiro atoms. The molecular formula is C35H53N3O6. The summed E-state index contributed by atoms with van der Waals surface area (Å²) in [5, 5.41) is 0. The Morgan fingerprint density at radius 3 is 1.95 bits per heavy atom. The first-order valence-corrected chi connectivity index (χ1v) is 16.1. The van der Waals surface area contributed by atoms with E-state index in [0.29, 0.717) is 42.4 Å². The number of carbonyl (C=O) groups excluding carboxylic acids is 2. The summed E-state index contributed by atoms with van der Waals surface area (Å²) in [4.78, 5) is 30.7. The van der Waals surface area contributed by atoms with Crippen molar-refractivity contribution >= 4 is 17.8 Å². The van der Waals surface area contributed by atoms with E-state index in [9.17, 15) is 9.59 Å². The number of benzene rings is 2. The molecule has 0 fully saturated rings. The molecule has 2 aromatic rings. The number of methoxy groups -OCH3 is 1. The number of amidine groups is 1. The first-order chi connectivity index (χ1) is 21.2. The van der Waals surface area contributed by atoms with Crippen molar-refractivity contribution in [1.29, 1.82) is 0 Å². The van der Waals surface area contributed by atoms with Crippen molar-refractivity contribution in [3.8, 4) is 17.2 Å². The zero-order chi connectivity index (χ0) is 32.3. The van der Waals surface area contributed by atoms with E-state index in [1.165, 1.54) is 19.3 Å². The van der Waals surface area contributed by atoms with Crippen molar-refractivity contribution in [3.63, 3.8) is 0 Å². The number of aliphatic imine (C=N–C) groups is 1. The Bertz CT molecular complexity index is 1160. The second kappa shape index (κ2) is 20.3. The van der Waals surface area contributed by atoms with Gasteiger partial charge in [0.2, 0.25) is 0 Å². The van der Waals surface area contributed by atoms with E-state index in [2.05, 4.69) is 11.9 Å². The van der Waals surface area contributed by atoms with Crippen molar-refractivity contribution in [1.82, 2.24) is 4.90 Å². The molecule has 0 atom stereocenters. The van der Waals surface area contributed by atoms with Crippen LogP contribution in [0.2, 0.25) is 0 Å². The second-order valence-corrected chi connectivity index (χ2v) is 11.4. The lowest BCUT2D eigenvalue weighted by Gasteiger charge is -2.31. The lowest BCUT2D eigenvalue weighted by molar-refractivity contribution is 0.0643. The van der Waals surface area contributed by atoms with Gasteiger partial charge in [-0.1, -0.05) is 39.0 Å². The Hall–Kier alpha value is -3.75. The van der Waals surface area contributed by atoms with Crippen LogP contribution in [-0.4, -0.2) is 61.8 Å². The molecule has 0 radical (unpaired) electrons. The second-order valence-electron chi connectivity index (χ2n) is 11.4. The van der Waals surface area contributed by atoms with Crippen molar-refractivity contribution in [2.24, 2.45) is 10.7 Å². The quantitative estimate of drug-likeness (QED) is 0.0924. The van der Waals surface area contributed by atoms with Gasteiger partial charge in [0, 0.05) is 23.2 Å². The predicted molar refractivity (Wildman–Crippen MR) is 176 cm³/mol. The Balaban J connectivity index is 1.69. The number of nitrogens with zero attached hydrogens (tertiary/aromatic N) is 2. The highest BCUT2D eigenvalue weighted by Crippen LogP contribution is 2.29. The molecule has 2 N–H and O–H groups in total. The molecule has 44 heavy (non-hydrogen) atoms. The highest BCUT2D eigenvalue weighted by Gasteiger charge is 2.22. The molecule has 9 heteroatoms. The molecule has 0 heterocycles. The third-order valence-corrected chi connectivity index (χ3v) is 7.16. The van der Waals surface area contributed by atoms with Gasteiger partial charge in [-0.2, -0.15) is 4.99 Å². The van der Waals surface area contributed by atoms with Crippen molar-refractivity contribution in [2.45, 2.75) is 104 Å². The Morgan fingerprint density at radius 1 is 0.750 bits per heavy atom. The summed E-state index contributed by atoms with van der Waals surface area (Å²) in [6, 6.07) is 12.7. The number of carbonyl (C=O) groups is 2. The molecule has 2 aromatic carbocycles. The first kappa shape index (κ1) is 36.4. The van der Waals surface area contributed by atoms with Crippen LogP contribution in [0.15, 0.2) is 47.5 Å². The maximum Gasteiger partial charge on any atom is 0.435 e. The zero-order valence-electron chi connectivity index (χ0n) is 27.6. The first-order valence-electron chi connectivity index (χ1n) is 16.1. The fourth-order valence-electron chi connectivity index (χ4n) is 4.85. The van der Waals surface area contributed by atoms with Crippen LogP contribution in [0, 0.1) is 0 Å². The van der Waals surface area contributed by atoms with Crippen LogP contribution >= 0.6 is 0 Å². The smallest absolute Gasteiger partial charge is 0.435 e. The number of unbranched alkanes of at least 4 members (excludes halogenated alkanes) is 7. The minimum absolute atomic E-state index is 0.0233. The Labute approximate surface area is 264 Å². The molecule has 2 amide bonds.